The summed E-state index contributed by atoms with van der Waals surface area (Å²) in [6, 6.07) is 13.9. The number of nitrogens with zero attached hydrogens (tertiary/aromatic N) is 3. The lowest BCUT2D eigenvalue weighted by Crippen LogP contribution is -2.43. The first-order valence-electron chi connectivity index (χ1n) is 11.3. The summed E-state index contributed by atoms with van der Waals surface area (Å²) in [4.78, 5) is 19.4. The SMILES string of the molecule is CC(C)(C)OC(=O)NCC1CCCN(c2nc3ccccc3n2Cc2ccc(Cl)c(Cl)c2)C1. The van der Waals surface area contributed by atoms with Crippen molar-refractivity contribution in [3.8, 4) is 0 Å². The number of hydrogen-bond donors (Lipinski definition) is 1. The number of alkyl carbamates (subject to hydrolysis) is 1. The van der Waals surface area contributed by atoms with Crippen molar-refractivity contribution in [2.45, 2.75) is 45.8 Å². The maximum Gasteiger partial charge on any atom is 0.407 e. The van der Waals surface area contributed by atoms with Gasteiger partial charge in [-0.15, -0.1) is 0 Å². The molecule has 1 aromatic heterocycles. The van der Waals surface area contributed by atoms with Crippen LogP contribution in [0.1, 0.15) is 39.2 Å². The monoisotopic (exact) mass is 488 g/mol. The Morgan fingerprint density at radius 2 is 1.97 bits per heavy atom. The quantitative estimate of drug-likeness (QED) is 0.468. The molecule has 2 heterocycles. The highest BCUT2D eigenvalue weighted by atomic mass is 35.5. The molecule has 1 N–H and O–H groups in total. The maximum atomic E-state index is 12.1. The Hall–Kier alpha value is -2.44. The zero-order chi connectivity index (χ0) is 23.6. The van der Waals surface area contributed by atoms with Gasteiger partial charge >= 0.3 is 6.09 Å². The number of piperidine rings is 1. The molecule has 33 heavy (non-hydrogen) atoms. The van der Waals surface area contributed by atoms with E-state index in [1.807, 2.05) is 57.2 Å². The van der Waals surface area contributed by atoms with E-state index in [9.17, 15) is 4.79 Å². The summed E-state index contributed by atoms with van der Waals surface area (Å²) in [7, 11) is 0. The molecule has 0 spiro atoms. The number of carbonyl (C=O) groups is 1. The van der Waals surface area contributed by atoms with Crippen LogP contribution in [0.25, 0.3) is 11.0 Å². The van der Waals surface area contributed by atoms with Gasteiger partial charge in [-0.1, -0.05) is 41.4 Å². The largest absolute Gasteiger partial charge is 0.444 e. The lowest BCUT2D eigenvalue weighted by molar-refractivity contribution is 0.0517. The lowest BCUT2D eigenvalue weighted by atomic mass is 9.98. The Balaban J connectivity index is 1.54. The summed E-state index contributed by atoms with van der Waals surface area (Å²) in [5, 5.41) is 4.03. The molecule has 1 amide bonds. The van der Waals surface area contributed by atoms with Crippen molar-refractivity contribution in [3.63, 3.8) is 0 Å². The molecule has 1 atom stereocenters. The van der Waals surface area contributed by atoms with Crippen molar-refractivity contribution in [2.75, 3.05) is 24.5 Å². The van der Waals surface area contributed by atoms with Gasteiger partial charge in [0, 0.05) is 19.6 Å². The topological polar surface area (TPSA) is 59.4 Å². The van der Waals surface area contributed by atoms with Crippen LogP contribution in [0.5, 0.6) is 0 Å². The predicted octanol–water partition coefficient (Wildman–Crippen LogP) is 6.13. The van der Waals surface area contributed by atoms with Gasteiger partial charge in [0.1, 0.15) is 5.60 Å². The third-order valence-corrected chi connectivity index (χ3v) is 6.43. The summed E-state index contributed by atoms with van der Waals surface area (Å²) >= 11 is 12.4. The Bertz CT molecular complexity index is 1140. The molecule has 176 valence electrons. The summed E-state index contributed by atoms with van der Waals surface area (Å²) in [5.41, 5.74) is 2.60. The van der Waals surface area contributed by atoms with Gasteiger partial charge in [-0.2, -0.15) is 0 Å². The summed E-state index contributed by atoms with van der Waals surface area (Å²) < 4.78 is 7.62. The first-order chi connectivity index (χ1) is 15.7. The van der Waals surface area contributed by atoms with E-state index >= 15 is 0 Å². The number of ether oxygens (including phenoxy) is 1. The second-order valence-electron chi connectivity index (χ2n) is 9.57. The Morgan fingerprint density at radius 1 is 1.18 bits per heavy atom. The molecule has 3 aromatic rings. The molecule has 0 aliphatic carbocycles. The Morgan fingerprint density at radius 3 is 2.73 bits per heavy atom. The van der Waals surface area contributed by atoms with Crippen molar-refractivity contribution in [1.29, 1.82) is 0 Å². The zero-order valence-corrected chi connectivity index (χ0v) is 20.8. The number of fused-ring (bicyclic) bond motifs is 1. The van der Waals surface area contributed by atoms with Crippen LogP contribution in [0.4, 0.5) is 10.7 Å². The van der Waals surface area contributed by atoms with Crippen LogP contribution in [-0.4, -0.2) is 40.9 Å². The average Bonchev–Trinajstić information content (AvgIpc) is 3.12. The molecule has 0 radical (unpaired) electrons. The standard InChI is InChI=1S/C25H30Cl2N4O2/c1-25(2,3)33-24(32)28-14-18-7-6-12-30(15-18)23-29-21-8-4-5-9-22(21)31(23)16-17-10-11-19(26)20(27)13-17/h4-5,8-11,13,18H,6-7,12,14-16H2,1-3H3,(H,28,32). The van der Waals surface area contributed by atoms with Gasteiger partial charge in [-0.3, -0.25) is 0 Å². The van der Waals surface area contributed by atoms with Gasteiger partial charge in [0.2, 0.25) is 5.95 Å². The molecule has 4 rings (SSSR count). The van der Waals surface area contributed by atoms with Gasteiger partial charge in [0.05, 0.1) is 27.6 Å². The van der Waals surface area contributed by atoms with Crippen LogP contribution in [0.3, 0.4) is 0 Å². The van der Waals surface area contributed by atoms with Gasteiger partial charge < -0.3 is 19.5 Å². The Kier molecular flexibility index (Phi) is 7.05. The highest BCUT2D eigenvalue weighted by Crippen LogP contribution is 2.29. The van der Waals surface area contributed by atoms with E-state index in [0.29, 0.717) is 29.1 Å². The second-order valence-corrected chi connectivity index (χ2v) is 10.4. The number of rotatable bonds is 5. The van der Waals surface area contributed by atoms with E-state index in [2.05, 4.69) is 20.9 Å². The van der Waals surface area contributed by atoms with Crippen LogP contribution in [0, 0.1) is 5.92 Å². The van der Waals surface area contributed by atoms with Crippen molar-refractivity contribution in [1.82, 2.24) is 14.9 Å². The fourth-order valence-corrected chi connectivity index (χ4v) is 4.56. The van der Waals surface area contributed by atoms with Crippen LogP contribution in [-0.2, 0) is 11.3 Å². The third kappa shape index (κ3) is 5.92. The summed E-state index contributed by atoms with van der Waals surface area (Å²) in [5.74, 6) is 1.26. The van der Waals surface area contributed by atoms with Gasteiger partial charge in [0.15, 0.2) is 0 Å². The minimum absolute atomic E-state index is 0.324. The number of benzene rings is 2. The highest BCUT2D eigenvalue weighted by Gasteiger charge is 2.26. The molecule has 1 unspecified atom stereocenters. The first-order valence-corrected chi connectivity index (χ1v) is 12.1. The van der Waals surface area contributed by atoms with Crippen LogP contribution in [0.15, 0.2) is 42.5 Å². The molecule has 1 aliphatic heterocycles. The number of hydrogen-bond acceptors (Lipinski definition) is 4. The molecule has 1 aliphatic rings. The maximum absolute atomic E-state index is 12.1. The summed E-state index contributed by atoms with van der Waals surface area (Å²) in [6.45, 7) is 8.57. The average molecular weight is 489 g/mol. The van der Waals surface area contributed by atoms with Crippen molar-refractivity contribution >= 4 is 46.3 Å². The third-order valence-electron chi connectivity index (χ3n) is 5.69. The molecule has 0 bridgehead atoms. The number of nitrogens with one attached hydrogen (secondary N) is 1. The van der Waals surface area contributed by atoms with E-state index in [-0.39, 0.29) is 6.09 Å². The minimum atomic E-state index is -0.502. The zero-order valence-electron chi connectivity index (χ0n) is 19.3. The number of anilines is 1. The number of halogens is 2. The molecular weight excluding hydrogens is 459 g/mol. The number of amides is 1. The highest BCUT2D eigenvalue weighted by molar-refractivity contribution is 6.42. The van der Waals surface area contributed by atoms with Crippen LogP contribution in [0.2, 0.25) is 10.0 Å². The van der Waals surface area contributed by atoms with Crippen molar-refractivity contribution < 1.29 is 9.53 Å². The fourth-order valence-electron chi connectivity index (χ4n) is 4.24. The number of imidazole rings is 1. The van der Waals surface area contributed by atoms with Gasteiger partial charge in [-0.25, -0.2) is 9.78 Å². The molecule has 1 saturated heterocycles. The van der Waals surface area contributed by atoms with E-state index in [1.54, 1.807) is 0 Å². The lowest BCUT2D eigenvalue weighted by Gasteiger charge is -2.34. The molecular formula is C25H30Cl2N4O2. The fraction of sp³-hybridized carbons (Fsp3) is 0.440. The number of aromatic nitrogens is 2. The molecule has 0 saturated carbocycles. The van der Waals surface area contributed by atoms with Gasteiger partial charge in [0.25, 0.3) is 0 Å². The van der Waals surface area contributed by atoms with Crippen LogP contribution < -0.4 is 10.2 Å². The molecule has 2 aromatic carbocycles. The smallest absolute Gasteiger partial charge is 0.407 e. The van der Waals surface area contributed by atoms with E-state index < -0.39 is 5.60 Å². The number of para-hydroxylation sites is 2. The molecule has 6 nitrogen and oxygen atoms in total. The number of carbonyl (C=O) groups excluding carboxylic acids is 1. The van der Waals surface area contributed by atoms with Gasteiger partial charge in [-0.05, 0) is 69.4 Å². The minimum Gasteiger partial charge on any atom is -0.444 e. The van der Waals surface area contributed by atoms with E-state index in [0.717, 1.165) is 48.5 Å². The van der Waals surface area contributed by atoms with Crippen molar-refractivity contribution in [3.05, 3.63) is 58.1 Å². The molecule has 8 heteroatoms. The van der Waals surface area contributed by atoms with E-state index in [4.69, 9.17) is 32.9 Å². The second kappa shape index (κ2) is 9.82. The van der Waals surface area contributed by atoms with Crippen LogP contribution >= 0.6 is 23.2 Å². The summed E-state index contributed by atoms with van der Waals surface area (Å²) in [6.07, 6.45) is 1.72. The molecule has 1 fully saturated rings. The van der Waals surface area contributed by atoms with E-state index in [1.165, 1.54) is 0 Å². The Labute approximate surface area is 204 Å². The predicted molar refractivity (Wildman–Crippen MR) is 134 cm³/mol. The van der Waals surface area contributed by atoms with Crippen molar-refractivity contribution in [2.24, 2.45) is 5.92 Å². The normalized spacial score (nSPS) is 16.8. The first kappa shape index (κ1) is 23.7.